The maximum absolute atomic E-state index is 3.61. The average molecular weight is 242 g/mol. The van der Waals surface area contributed by atoms with Gasteiger partial charge in [-0.05, 0) is 32.4 Å². The average Bonchev–Trinajstić information content (AvgIpc) is 2.65. The van der Waals surface area contributed by atoms with Crippen LogP contribution in [0.3, 0.4) is 0 Å². The Kier molecular flexibility index (Phi) is 4.20. The molecule has 94 valence electrons. The van der Waals surface area contributed by atoms with Gasteiger partial charge in [-0.2, -0.15) is 11.8 Å². The van der Waals surface area contributed by atoms with Crippen LogP contribution in [-0.4, -0.2) is 47.1 Å². The van der Waals surface area contributed by atoms with E-state index in [1.165, 1.54) is 38.1 Å². The summed E-state index contributed by atoms with van der Waals surface area (Å²) in [6.07, 6.45) is 4.30. The molecule has 0 amide bonds. The molecule has 0 spiro atoms. The van der Waals surface area contributed by atoms with Gasteiger partial charge in [0.1, 0.15) is 0 Å². The van der Waals surface area contributed by atoms with Crippen LogP contribution in [0.2, 0.25) is 0 Å². The van der Waals surface area contributed by atoms with Crippen LogP contribution < -0.4 is 5.32 Å². The minimum atomic E-state index is 0.308. The van der Waals surface area contributed by atoms with E-state index in [-0.39, 0.29) is 0 Å². The van der Waals surface area contributed by atoms with Gasteiger partial charge in [0, 0.05) is 36.5 Å². The molecule has 2 fully saturated rings. The Morgan fingerprint density at radius 3 is 2.88 bits per heavy atom. The number of hydrogen-bond acceptors (Lipinski definition) is 3. The Hall–Kier alpha value is 0.270. The van der Waals surface area contributed by atoms with Crippen molar-refractivity contribution in [3.05, 3.63) is 0 Å². The molecule has 0 aromatic carbocycles. The molecule has 2 unspecified atom stereocenters. The number of thioether (sulfide) groups is 1. The number of rotatable bonds is 3. The third-order valence-corrected chi connectivity index (χ3v) is 5.18. The van der Waals surface area contributed by atoms with Gasteiger partial charge in [0.25, 0.3) is 0 Å². The van der Waals surface area contributed by atoms with Gasteiger partial charge >= 0.3 is 0 Å². The zero-order chi connectivity index (χ0) is 11.6. The lowest BCUT2D eigenvalue weighted by molar-refractivity contribution is 0.113. The first kappa shape index (κ1) is 12.7. The second-order valence-electron chi connectivity index (χ2n) is 5.77. The molecule has 3 heteroatoms. The van der Waals surface area contributed by atoms with Crippen LogP contribution in [0.15, 0.2) is 0 Å². The van der Waals surface area contributed by atoms with Crippen LogP contribution in [0.25, 0.3) is 0 Å². The molecule has 1 aliphatic heterocycles. The van der Waals surface area contributed by atoms with Crippen molar-refractivity contribution in [2.75, 3.05) is 25.4 Å². The summed E-state index contributed by atoms with van der Waals surface area (Å²) in [5.41, 5.74) is 0.308. The van der Waals surface area contributed by atoms with Gasteiger partial charge in [0.2, 0.25) is 0 Å². The van der Waals surface area contributed by atoms with Gasteiger partial charge in [-0.1, -0.05) is 13.3 Å². The summed E-state index contributed by atoms with van der Waals surface area (Å²) in [6, 6.07) is 0.853. The summed E-state index contributed by atoms with van der Waals surface area (Å²) in [4.78, 5) is 2.75. The Bertz CT molecular complexity index is 230. The fourth-order valence-corrected chi connectivity index (χ4v) is 4.49. The Morgan fingerprint density at radius 1 is 1.38 bits per heavy atom. The van der Waals surface area contributed by atoms with E-state index in [1.54, 1.807) is 0 Å². The second-order valence-corrected chi connectivity index (χ2v) is 7.29. The summed E-state index contributed by atoms with van der Waals surface area (Å²) < 4.78 is 0. The Labute approximate surface area is 105 Å². The molecular formula is C13H26N2S. The van der Waals surface area contributed by atoms with Crippen LogP contribution in [0.5, 0.6) is 0 Å². The number of nitrogens with one attached hydrogen (secondary N) is 1. The first-order valence-electron chi connectivity index (χ1n) is 6.73. The maximum atomic E-state index is 3.61. The van der Waals surface area contributed by atoms with Crippen LogP contribution in [0.4, 0.5) is 0 Å². The van der Waals surface area contributed by atoms with Crippen molar-refractivity contribution >= 4 is 11.8 Å². The smallest absolute Gasteiger partial charge is 0.0252 e. The zero-order valence-corrected chi connectivity index (χ0v) is 11.8. The molecule has 0 radical (unpaired) electrons. The van der Waals surface area contributed by atoms with Crippen molar-refractivity contribution in [2.45, 2.75) is 56.9 Å². The molecule has 16 heavy (non-hydrogen) atoms. The third kappa shape index (κ3) is 2.93. The lowest BCUT2D eigenvalue weighted by Crippen LogP contribution is -2.60. The molecule has 1 heterocycles. The maximum Gasteiger partial charge on any atom is 0.0252 e. The van der Waals surface area contributed by atoms with Gasteiger partial charge in [0.15, 0.2) is 0 Å². The van der Waals surface area contributed by atoms with Crippen molar-refractivity contribution in [3.8, 4) is 0 Å². The summed E-state index contributed by atoms with van der Waals surface area (Å²) in [5, 5.41) is 4.51. The molecule has 1 N–H and O–H groups in total. The second kappa shape index (κ2) is 5.28. The van der Waals surface area contributed by atoms with Gasteiger partial charge in [-0.15, -0.1) is 0 Å². The summed E-state index contributed by atoms with van der Waals surface area (Å²) in [6.45, 7) is 10.6. The molecule has 1 saturated heterocycles. The van der Waals surface area contributed by atoms with Crippen molar-refractivity contribution in [1.29, 1.82) is 0 Å². The number of hydrogen-bond donors (Lipinski definition) is 1. The van der Waals surface area contributed by atoms with Crippen molar-refractivity contribution < 1.29 is 0 Å². The summed E-state index contributed by atoms with van der Waals surface area (Å²) in [7, 11) is 0. The molecule has 1 saturated carbocycles. The van der Waals surface area contributed by atoms with Gasteiger partial charge in [-0.25, -0.2) is 0 Å². The van der Waals surface area contributed by atoms with Crippen LogP contribution in [-0.2, 0) is 0 Å². The fourth-order valence-electron chi connectivity index (χ4n) is 3.20. The van der Waals surface area contributed by atoms with E-state index in [9.17, 15) is 0 Å². The van der Waals surface area contributed by atoms with Gasteiger partial charge in [-0.3, -0.25) is 4.90 Å². The largest absolute Gasteiger partial charge is 0.309 e. The third-order valence-electron chi connectivity index (χ3n) is 3.87. The van der Waals surface area contributed by atoms with Crippen molar-refractivity contribution in [1.82, 2.24) is 10.2 Å². The fraction of sp³-hybridized carbons (Fsp3) is 1.00. The van der Waals surface area contributed by atoms with E-state index in [2.05, 4.69) is 42.7 Å². The van der Waals surface area contributed by atoms with Gasteiger partial charge < -0.3 is 5.32 Å². The first-order valence-corrected chi connectivity index (χ1v) is 7.78. The van der Waals surface area contributed by atoms with Gasteiger partial charge in [0.05, 0.1) is 0 Å². The van der Waals surface area contributed by atoms with Crippen LogP contribution >= 0.6 is 11.8 Å². The van der Waals surface area contributed by atoms with E-state index in [0.717, 1.165) is 17.8 Å². The van der Waals surface area contributed by atoms with E-state index < -0.39 is 0 Å². The topological polar surface area (TPSA) is 15.3 Å². The summed E-state index contributed by atoms with van der Waals surface area (Å²) in [5.74, 6) is 1.27. The molecule has 0 aromatic heterocycles. The molecule has 2 rings (SSSR count). The Balaban J connectivity index is 1.95. The molecule has 2 nitrogen and oxygen atoms in total. The highest BCUT2D eigenvalue weighted by Crippen LogP contribution is 2.34. The van der Waals surface area contributed by atoms with Crippen molar-refractivity contribution in [2.24, 2.45) is 0 Å². The first-order chi connectivity index (χ1) is 7.62. The molecule has 0 bridgehead atoms. The monoisotopic (exact) mass is 242 g/mol. The van der Waals surface area contributed by atoms with E-state index in [1.807, 2.05) is 0 Å². The minimum absolute atomic E-state index is 0.308. The van der Waals surface area contributed by atoms with Crippen LogP contribution in [0, 0.1) is 0 Å². The number of piperazine rings is 1. The lowest BCUT2D eigenvalue weighted by Gasteiger charge is -2.43. The quantitative estimate of drug-likeness (QED) is 0.818. The predicted molar refractivity (Wildman–Crippen MR) is 73.2 cm³/mol. The predicted octanol–water partition coefficient (Wildman–Crippen LogP) is 2.34. The Morgan fingerprint density at radius 2 is 2.19 bits per heavy atom. The summed E-state index contributed by atoms with van der Waals surface area (Å²) >= 11 is 2.18. The highest BCUT2D eigenvalue weighted by atomic mass is 32.2. The standard InChI is InChI=1S/C13H26N2S/c1-4-16-12-7-5-6-11(12)15-9-8-14-13(2,3)10-15/h11-12,14H,4-10H2,1-3H3. The van der Waals surface area contributed by atoms with E-state index in [4.69, 9.17) is 0 Å². The highest BCUT2D eigenvalue weighted by molar-refractivity contribution is 7.99. The molecule has 1 aliphatic carbocycles. The van der Waals surface area contributed by atoms with E-state index >= 15 is 0 Å². The SMILES string of the molecule is CCSC1CCCC1N1CCNC(C)(C)C1. The normalized spacial score (nSPS) is 35.4. The highest BCUT2D eigenvalue weighted by Gasteiger charge is 2.36. The number of nitrogens with zero attached hydrogens (tertiary/aromatic N) is 1. The molecule has 2 atom stereocenters. The van der Waals surface area contributed by atoms with Crippen molar-refractivity contribution in [3.63, 3.8) is 0 Å². The molecular weight excluding hydrogens is 216 g/mol. The van der Waals surface area contributed by atoms with E-state index in [0.29, 0.717) is 5.54 Å². The van der Waals surface area contributed by atoms with Crippen LogP contribution in [0.1, 0.15) is 40.0 Å². The lowest BCUT2D eigenvalue weighted by atomic mass is 10.00. The molecule has 2 aliphatic rings. The zero-order valence-electron chi connectivity index (χ0n) is 11.0. The molecule has 0 aromatic rings. The minimum Gasteiger partial charge on any atom is -0.309 e.